The third-order valence-corrected chi connectivity index (χ3v) is 3.26. The standard InChI is InChI=1S/C15H10N4/c1-2-6-13-10(4-1)8-15(19-18-13)11-5-3-7-14-12(11)9-16-17-14/h1-9H,(H,16,17). The molecule has 2 aromatic heterocycles. The zero-order valence-corrected chi connectivity index (χ0v) is 10.0. The molecular weight excluding hydrogens is 236 g/mol. The Kier molecular flexibility index (Phi) is 2.08. The van der Waals surface area contributed by atoms with Crippen LogP contribution in [0.25, 0.3) is 33.1 Å². The molecule has 2 aromatic carbocycles. The lowest BCUT2D eigenvalue weighted by molar-refractivity contribution is 1.08. The Bertz CT molecular complexity index is 879. The average molecular weight is 246 g/mol. The van der Waals surface area contributed by atoms with Crippen LogP contribution in [0.15, 0.2) is 54.7 Å². The van der Waals surface area contributed by atoms with Crippen molar-refractivity contribution in [3.63, 3.8) is 0 Å². The molecule has 0 radical (unpaired) electrons. The van der Waals surface area contributed by atoms with Gasteiger partial charge in [-0.25, -0.2) is 0 Å². The molecule has 0 saturated carbocycles. The summed E-state index contributed by atoms with van der Waals surface area (Å²) in [6.07, 6.45) is 1.82. The SMILES string of the molecule is c1ccc2nnc(-c3cccc4[nH]ncc34)cc2c1. The lowest BCUT2D eigenvalue weighted by Crippen LogP contribution is -1.89. The van der Waals surface area contributed by atoms with Gasteiger partial charge in [-0.15, -0.1) is 10.2 Å². The monoisotopic (exact) mass is 246 g/mol. The molecular formula is C15H10N4. The highest BCUT2D eigenvalue weighted by Crippen LogP contribution is 2.27. The highest BCUT2D eigenvalue weighted by molar-refractivity contribution is 5.94. The fourth-order valence-electron chi connectivity index (χ4n) is 2.31. The summed E-state index contributed by atoms with van der Waals surface area (Å²) in [6.45, 7) is 0. The minimum atomic E-state index is 0.866. The smallest absolute Gasteiger partial charge is 0.0943 e. The van der Waals surface area contributed by atoms with Crippen molar-refractivity contribution in [2.75, 3.05) is 0 Å². The fraction of sp³-hybridized carbons (Fsp3) is 0. The second kappa shape index (κ2) is 3.88. The van der Waals surface area contributed by atoms with Crippen molar-refractivity contribution >= 4 is 21.8 Å². The van der Waals surface area contributed by atoms with Crippen molar-refractivity contribution in [1.29, 1.82) is 0 Å². The number of aromatic amines is 1. The van der Waals surface area contributed by atoms with E-state index in [0.717, 1.165) is 33.1 Å². The van der Waals surface area contributed by atoms with Crippen LogP contribution in [0.1, 0.15) is 0 Å². The zero-order chi connectivity index (χ0) is 12.7. The largest absolute Gasteiger partial charge is 0.278 e. The number of nitrogens with one attached hydrogen (secondary N) is 1. The van der Waals surface area contributed by atoms with Gasteiger partial charge in [0, 0.05) is 16.3 Å². The van der Waals surface area contributed by atoms with Gasteiger partial charge in [0.05, 0.1) is 22.9 Å². The summed E-state index contributed by atoms with van der Waals surface area (Å²) in [7, 11) is 0. The van der Waals surface area contributed by atoms with Gasteiger partial charge in [0.2, 0.25) is 0 Å². The van der Waals surface area contributed by atoms with Gasteiger partial charge in [0.1, 0.15) is 0 Å². The number of aromatic nitrogens is 4. The van der Waals surface area contributed by atoms with Gasteiger partial charge >= 0.3 is 0 Å². The van der Waals surface area contributed by atoms with Crippen LogP contribution in [0.2, 0.25) is 0 Å². The van der Waals surface area contributed by atoms with E-state index in [1.165, 1.54) is 0 Å². The minimum absolute atomic E-state index is 0.866. The summed E-state index contributed by atoms with van der Waals surface area (Å²) in [5.74, 6) is 0. The first kappa shape index (κ1) is 10.2. The van der Waals surface area contributed by atoms with Crippen molar-refractivity contribution in [3.05, 3.63) is 54.7 Å². The quantitative estimate of drug-likeness (QED) is 0.561. The van der Waals surface area contributed by atoms with Gasteiger partial charge < -0.3 is 0 Å². The van der Waals surface area contributed by atoms with Crippen LogP contribution in [-0.4, -0.2) is 20.4 Å². The van der Waals surface area contributed by atoms with Crippen molar-refractivity contribution in [2.45, 2.75) is 0 Å². The average Bonchev–Trinajstić information content (AvgIpc) is 2.95. The molecule has 4 aromatic rings. The van der Waals surface area contributed by atoms with Crippen LogP contribution in [0.3, 0.4) is 0 Å². The maximum Gasteiger partial charge on any atom is 0.0943 e. The van der Waals surface area contributed by atoms with E-state index in [-0.39, 0.29) is 0 Å². The van der Waals surface area contributed by atoms with E-state index in [4.69, 9.17) is 0 Å². The molecule has 0 atom stereocenters. The van der Waals surface area contributed by atoms with Gasteiger partial charge in [-0.3, -0.25) is 5.10 Å². The van der Waals surface area contributed by atoms with Crippen LogP contribution >= 0.6 is 0 Å². The Morgan fingerprint density at radius 3 is 2.84 bits per heavy atom. The van der Waals surface area contributed by atoms with Crippen LogP contribution in [0, 0.1) is 0 Å². The Balaban J connectivity index is 2.01. The Labute approximate surface area is 109 Å². The fourth-order valence-corrected chi connectivity index (χ4v) is 2.31. The molecule has 4 nitrogen and oxygen atoms in total. The molecule has 0 spiro atoms. The summed E-state index contributed by atoms with van der Waals surface area (Å²) in [5.41, 5.74) is 3.83. The van der Waals surface area contributed by atoms with Gasteiger partial charge in [-0.1, -0.05) is 30.3 Å². The van der Waals surface area contributed by atoms with Gasteiger partial charge in [0.15, 0.2) is 0 Å². The molecule has 1 N–H and O–H groups in total. The second-order valence-electron chi connectivity index (χ2n) is 4.43. The maximum atomic E-state index is 4.32. The summed E-state index contributed by atoms with van der Waals surface area (Å²) in [5, 5.41) is 17.8. The molecule has 19 heavy (non-hydrogen) atoms. The highest BCUT2D eigenvalue weighted by atomic mass is 15.1. The topological polar surface area (TPSA) is 54.5 Å². The molecule has 0 bridgehead atoms. The third kappa shape index (κ3) is 1.57. The summed E-state index contributed by atoms with van der Waals surface area (Å²) < 4.78 is 0. The van der Waals surface area contributed by atoms with Gasteiger partial charge in [-0.05, 0) is 18.2 Å². The normalized spacial score (nSPS) is 11.2. The second-order valence-corrected chi connectivity index (χ2v) is 4.43. The molecule has 0 aliphatic carbocycles. The van der Waals surface area contributed by atoms with Crippen LogP contribution in [-0.2, 0) is 0 Å². The Hall–Kier alpha value is -2.75. The molecule has 0 saturated heterocycles. The summed E-state index contributed by atoms with van der Waals surface area (Å²) >= 11 is 0. The molecule has 0 amide bonds. The summed E-state index contributed by atoms with van der Waals surface area (Å²) in [6, 6.07) is 16.1. The van der Waals surface area contributed by atoms with E-state index in [1.807, 2.05) is 48.7 Å². The predicted octanol–water partition coefficient (Wildman–Crippen LogP) is 3.17. The molecule has 0 aliphatic heterocycles. The lowest BCUT2D eigenvalue weighted by Gasteiger charge is -2.03. The number of benzene rings is 2. The van der Waals surface area contributed by atoms with E-state index >= 15 is 0 Å². The van der Waals surface area contributed by atoms with Crippen molar-refractivity contribution in [3.8, 4) is 11.3 Å². The van der Waals surface area contributed by atoms with E-state index in [0.29, 0.717) is 0 Å². The number of fused-ring (bicyclic) bond motifs is 2. The molecule has 0 aliphatic rings. The molecule has 4 heteroatoms. The van der Waals surface area contributed by atoms with Gasteiger partial charge in [0.25, 0.3) is 0 Å². The van der Waals surface area contributed by atoms with Crippen molar-refractivity contribution in [2.24, 2.45) is 0 Å². The van der Waals surface area contributed by atoms with Crippen LogP contribution < -0.4 is 0 Å². The first-order valence-corrected chi connectivity index (χ1v) is 6.07. The molecule has 4 rings (SSSR count). The van der Waals surface area contributed by atoms with Crippen LogP contribution in [0.5, 0.6) is 0 Å². The Morgan fingerprint density at radius 1 is 0.895 bits per heavy atom. The third-order valence-electron chi connectivity index (χ3n) is 3.26. The minimum Gasteiger partial charge on any atom is -0.278 e. The van der Waals surface area contributed by atoms with Crippen molar-refractivity contribution in [1.82, 2.24) is 20.4 Å². The predicted molar refractivity (Wildman–Crippen MR) is 74.6 cm³/mol. The Morgan fingerprint density at radius 2 is 1.84 bits per heavy atom. The van der Waals surface area contributed by atoms with E-state index < -0.39 is 0 Å². The molecule has 2 heterocycles. The summed E-state index contributed by atoms with van der Waals surface area (Å²) in [4.78, 5) is 0. The molecule has 90 valence electrons. The first-order valence-electron chi connectivity index (χ1n) is 6.07. The molecule has 0 fully saturated rings. The van der Waals surface area contributed by atoms with E-state index in [1.54, 1.807) is 0 Å². The zero-order valence-electron chi connectivity index (χ0n) is 10.0. The van der Waals surface area contributed by atoms with Crippen molar-refractivity contribution < 1.29 is 0 Å². The van der Waals surface area contributed by atoms with E-state index in [9.17, 15) is 0 Å². The van der Waals surface area contributed by atoms with Gasteiger partial charge in [-0.2, -0.15) is 5.10 Å². The number of rotatable bonds is 1. The first-order chi connectivity index (χ1) is 9.42. The van der Waals surface area contributed by atoms with E-state index in [2.05, 4.69) is 26.5 Å². The number of hydrogen-bond donors (Lipinski definition) is 1. The van der Waals surface area contributed by atoms with Crippen LogP contribution in [0.4, 0.5) is 0 Å². The molecule has 0 unspecified atom stereocenters. The number of hydrogen-bond acceptors (Lipinski definition) is 3. The number of H-pyrrole nitrogens is 1. The maximum absolute atomic E-state index is 4.32. The highest BCUT2D eigenvalue weighted by Gasteiger charge is 2.07. The number of nitrogens with zero attached hydrogens (tertiary/aromatic N) is 3. The lowest BCUT2D eigenvalue weighted by atomic mass is 10.1.